The van der Waals surface area contributed by atoms with Gasteiger partial charge in [0, 0.05) is 5.33 Å². The first-order chi connectivity index (χ1) is 5.16. The van der Waals surface area contributed by atoms with Crippen LogP contribution in [0.3, 0.4) is 0 Å². The summed E-state index contributed by atoms with van der Waals surface area (Å²) in [7, 11) is -1.76. The summed E-state index contributed by atoms with van der Waals surface area (Å²) >= 11 is 8.82. The fourth-order valence-corrected chi connectivity index (χ4v) is 1.24. The van der Waals surface area contributed by atoms with Crippen LogP contribution in [0.1, 0.15) is 19.3 Å². The second-order valence-electron chi connectivity index (χ2n) is 2.06. The number of unbranched alkanes of at least 4 members (excludes halogenated alkanes) is 1. The number of hydrogen-bond donors (Lipinski definition) is 2. The van der Waals surface area contributed by atoms with Gasteiger partial charge in [-0.25, -0.2) is 0 Å². The Hall–Kier alpha value is 0.715. The molecule has 6 heteroatoms. The van der Waals surface area contributed by atoms with Crippen LogP contribution >= 0.6 is 27.5 Å². The SMILES string of the molecule is OB(O)OC(Cl)CCCCBr. The molecule has 0 aromatic rings. The molecule has 0 aromatic carbocycles. The van der Waals surface area contributed by atoms with E-state index in [1.807, 2.05) is 0 Å². The predicted octanol–water partition coefficient (Wildman–Crippen LogP) is 1.10. The lowest BCUT2D eigenvalue weighted by atomic mass is 10.2. The van der Waals surface area contributed by atoms with Gasteiger partial charge in [-0.3, -0.25) is 0 Å². The van der Waals surface area contributed by atoms with E-state index in [-0.39, 0.29) is 0 Å². The molecule has 0 saturated heterocycles. The molecule has 0 radical (unpaired) electrons. The molecule has 3 nitrogen and oxygen atoms in total. The Morgan fingerprint density at radius 2 is 2.09 bits per heavy atom. The molecule has 0 aromatic heterocycles. The van der Waals surface area contributed by atoms with Crippen molar-refractivity contribution in [1.82, 2.24) is 0 Å². The molecule has 0 heterocycles. The summed E-state index contributed by atoms with van der Waals surface area (Å²) in [6.07, 6.45) is 2.55. The van der Waals surface area contributed by atoms with Crippen LogP contribution in [-0.4, -0.2) is 28.3 Å². The van der Waals surface area contributed by atoms with E-state index in [9.17, 15) is 0 Å². The lowest BCUT2D eigenvalue weighted by molar-refractivity contribution is 0.159. The van der Waals surface area contributed by atoms with Gasteiger partial charge in [0.15, 0.2) is 0 Å². The fourth-order valence-electron chi connectivity index (χ4n) is 0.599. The molecule has 0 amide bonds. The Morgan fingerprint density at radius 1 is 1.45 bits per heavy atom. The third kappa shape index (κ3) is 8.62. The van der Waals surface area contributed by atoms with E-state index in [1.54, 1.807) is 0 Å². The van der Waals surface area contributed by atoms with Gasteiger partial charge in [-0.05, 0) is 19.3 Å². The smallest absolute Gasteiger partial charge is 0.402 e. The van der Waals surface area contributed by atoms with Gasteiger partial charge in [0.1, 0.15) is 5.56 Å². The van der Waals surface area contributed by atoms with Gasteiger partial charge >= 0.3 is 7.32 Å². The number of hydrogen-bond acceptors (Lipinski definition) is 3. The summed E-state index contributed by atoms with van der Waals surface area (Å²) < 4.78 is 4.46. The Balaban J connectivity index is 3.15. The van der Waals surface area contributed by atoms with Crippen LogP contribution in [0.5, 0.6) is 0 Å². The van der Waals surface area contributed by atoms with Crippen molar-refractivity contribution in [3.8, 4) is 0 Å². The second-order valence-corrected chi connectivity index (χ2v) is 3.34. The third-order valence-corrected chi connectivity index (χ3v) is 1.97. The molecule has 1 atom stereocenters. The minimum atomic E-state index is -1.76. The highest BCUT2D eigenvalue weighted by Crippen LogP contribution is 2.09. The van der Waals surface area contributed by atoms with Gasteiger partial charge in [-0.2, -0.15) is 0 Å². The predicted molar refractivity (Wildman–Crippen MR) is 48.6 cm³/mol. The lowest BCUT2D eigenvalue weighted by Gasteiger charge is -2.08. The number of rotatable bonds is 6. The van der Waals surface area contributed by atoms with Crippen molar-refractivity contribution < 1.29 is 14.7 Å². The Labute approximate surface area is 80.0 Å². The second kappa shape index (κ2) is 7.37. The summed E-state index contributed by atoms with van der Waals surface area (Å²) in [5.74, 6) is 0. The Morgan fingerprint density at radius 3 is 2.55 bits per heavy atom. The van der Waals surface area contributed by atoms with E-state index in [1.165, 1.54) is 0 Å². The van der Waals surface area contributed by atoms with Crippen molar-refractivity contribution in [3.63, 3.8) is 0 Å². The van der Waals surface area contributed by atoms with Gasteiger partial charge in [0.2, 0.25) is 0 Å². The molecular formula is C5H11BBrClO3. The van der Waals surface area contributed by atoms with E-state index in [0.717, 1.165) is 18.2 Å². The highest BCUT2D eigenvalue weighted by Gasteiger charge is 2.14. The average molecular weight is 245 g/mol. The van der Waals surface area contributed by atoms with Crippen LogP contribution in [0, 0.1) is 0 Å². The lowest BCUT2D eigenvalue weighted by Crippen LogP contribution is -2.22. The van der Waals surface area contributed by atoms with Crippen molar-refractivity contribution in [1.29, 1.82) is 0 Å². The van der Waals surface area contributed by atoms with Gasteiger partial charge < -0.3 is 14.7 Å². The van der Waals surface area contributed by atoms with Gasteiger partial charge in [-0.1, -0.05) is 27.5 Å². The zero-order valence-electron chi connectivity index (χ0n) is 6.04. The van der Waals surface area contributed by atoms with E-state index in [4.69, 9.17) is 21.6 Å². The zero-order chi connectivity index (χ0) is 8.69. The molecule has 0 spiro atoms. The van der Waals surface area contributed by atoms with Gasteiger partial charge in [0.25, 0.3) is 0 Å². The monoisotopic (exact) mass is 244 g/mol. The Bertz CT molecular complexity index is 95.8. The number of halogens is 2. The van der Waals surface area contributed by atoms with Gasteiger partial charge in [-0.15, -0.1) is 0 Å². The average Bonchev–Trinajstić information content (AvgIpc) is 1.86. The van der Waals surface area contributed by atoms with Crippen LogP contribution in [0.25, 0.3) is 0 Å². The molecule has 0 fully saturated rings. The fraction of sp³-hybridized carbons (Fsp3) is 1.00. The summed E-state index contributed by atoms with van der Waals surface area (Å²) in [5, 5.41) is 17.6. The van der Waals surface area contributed by atoms with Crippen LogP contribution in [-0.2, 0) is 4.65 Å². The van der Waals surface area contributed by atoms with Crippen LogP contribution in [0.15, 0.2) is 0 Å². The first-order valence-corrected chi connectivity index (χ1v) is 4.94. The molecular weight excluding hydrogens is 234 g/mol. The topological polar surface area (TPSA) is 49.7 Å². The van der Waals surface area contributed by atoms with E-state index < -0.39 is 12.9 Å². The van der Waals surface area contributed by atoms with E-state index in [0.29, 0.717) is 6.42 Å². The molecule has 0 aliphatic rings. The van der Waals surface area contributed by atoms with Crippen molar-refractivity contribution in [3.05, 3.63) is 0 Å². The number of alkyl halides is 2. The molecule has 0 rings (SSSR count). The van der Waals surface area contributed by atoms with Crippen molar-refractivity contribution in [2.45, 2.75) is 24.8 Å². The molecule has 2 N–H and O–H groups in total. The maximum Gasteiger partial charge on any atom is 0.635 e. The standard InChI is InChI=1S/C5H11BBrClO3/c7-4-2-1-3-5(8)11-6(9)10/h5,9-10H,1-4H2. The summed E-state index contributed by atoms with van der Waals surface area (Å²) in [6.45, 7) is 0. The largest absolute Gasteiger partial charge is 0.635 e. The van der Waals surface area contributed by atoms with Crippen molar-refractivity contribution >= 4 is 34.9 Å². The van der Waals surface area contributed by atoms with Gasteiger partial charge in [0.05, 0.1) is 0 Å². The summed E-state index contributed by atoms with van der Waals surface area (Å²) in [5.41, 5.74) is -0.603. The highest BCUT2D eigenvalue weighted by atomic mass is 79.9. The normalized spacial score (nSPS) is 13.1. The van der Waals surface area contributed by atoms with E-state index in [2.05, 4.69) is 20.6 Å². The molecule has 0 aliphatic heterocycles. The molecule has 11 heavy (non-hydrogen) atoms. The van der Waals surface area contributed by atoms with Crippen molar-refractivity contribution in [2.24, 2.45) is 0 Å². The van der Waals surface area contributed by atoms with Crippen LogP contribution < -0.4 is 0 Å². The minimum Gasteiger partial charge on any atom is -0.402 e. The van der Waals surface area contributed by atoms with Crippen LogP contribution in [0.2, 0.25) is 0 Å². The Kier molecular flexibility index (Phi) is 7.85. The van der Waals surface area contributed by atoms with E-state index >= 15 is 0 Å². The molecule has 0 saturated carbocycles. The quantitative estimate of drug-likeness (QED) is 0.418. The molecule has 0 bridgehead atoms. The van der Waals surface area contributed by atoms with Crippen molar-refractivity contribution in [2.75, 3.05) is 5.33 Å². The minimum absolute atomic E-state index is 0.603. The highest BCUT2D eigenvalue weighted by molar-refractivity contribution is 9.09. The summed E-state index contributed by atoms with van der Waals surface area (Å²) in [4.78, 5) is 0. The summed E-state index contributed by atoms with van der Waals surface area (Å²) in [6, 6.07) is 0. The third-order valence-electron chi connectivity index (χ3n) is 1.08. The molecule has 0 aliphatic carbocycles. The van der Waals surface area contributed by atoms with Crippen LogP contribution in [0.4, 0.5) is 0 Å². The first-order valence-electron chi connectivity index (χ1n) is 3.38. The maximum absolute atomic E-state index is 8.32. The maximum atomic E-state index is 8.32. The molecule has 66 valence electrons. The first kappa shape index (κ1) is 11.7. The zero-order valence-corrected chi connectivity index (χ0v) is 8.38. The molecule has 1 unspecified atom stereocenters.